The number of carbonyl (C=O) groups is 1. The molecule has 28 heavy (non-hydrogen) atoms. The zero-order valence-electron chi connectivity index (χ0n) is 16.1. The van der Waals surface area contributed by atoms with Crippen LogP contribution in [0.4, 0.5) is 0 Å². The molecule has 1 saturated heterocycles. The number of methoxy groups -OCH3 is 1. The Bertz CT molecular complexity index is 967. The number of nitrogens with one attached hydrogen (secondary N) is 1. The first-order valence-corrected chi connectivity index (χ1v) is 9.60. The lowest BCUT2D eigenvalue weighted by atomic mass is 10.1. The Balaban J connectivity index is 1.45. The molecule has 7 nitrogen and oxygen atoms in total. The van der Waals surface area contributed by atoms with Crippen LogP contribution in [0.1, 0.15) is 35.8 Å². The van der Waals surface area contributed by atoms with Crippen molar-refractivity contribution < 1.29 is 14.3 Å². The molecule has 0 spiro atoms. The summed E-state index contributed by atoms with van der Waals surface area (Å²) in [4.78, 5) is 26.5. The smallest absolute Gasteiger partial charge is 0.316 e. The molecule has 1 aliphatic rings. The van der Waals surface area contributed by atoms with E-state index in [1.165, 1.54) is 0 Å². The van der Waals surface area contributed by atoms with Crippen LogP contribution < -0.4 is 9.47 Å². The fourth-order valence-corrected chi connectivity index (χ4v) is 3.47. The van der Waals surface area contributed by atoms with Gasteiger partial charge in [0.25, 0.3) is 5.91 Å². The first-order valence-electron chi connectivity index (χ1n) is 9.60. The molecule has 1 aromatic carbocycles. The van der Waals surface area contributed by atoms with Gasteiger partial charge in [-0.15, -0.1) is 0 Å². The quantitative estimate of drug-likeness (QED) is 0.735. The summed E-state index contributed by atoms with van der Waals surface area (Å²) in [7, 11) is 1.63. The number of likely N-dealkylation sites (tertiary alicyclic amines) is 1. The van der Waals surface area contributed by atoms with Crippen LogP contribution in [0.15, 0.2) is 36.7 Å². The van der Waals surface area contributed by atoms with Gasteiger partial charge in [-0.1, -0.05) is 6.92 Å². The predicted molar refractivity (Wildman–Crippen MR) is 106 cm³/mol. The molecular weight excluding hydrogens is 356 g/mol. The van der Waals surface area contributed by atoms with Crippen molar-refractivity contribution in [2.24, 2.45) is 0 Å². The molecule has 0 bridgehead atoms. The molecule has 0 radical (unpaired) electrons. The number of aryl methyl sites for hydroxylation is 1. The van der Waals surface area contributed by atoms with E-state index in [2.05, 4.69) is 21.9 Å². The topological polar surface area (TPSA) is 80.3 Å². The van der Waals surface area contributed by atoms with Crippen molar-refractivity contribution in [3.63, 3.8) is 0 Å². The molecule has 1 fully saturated rings. The van der Waals surface area contributed by atoms with Gasteiger partial charge in [0.2, 0.25) is 0 Å². The number of benzene rings is 1. The van der Waals surface area contributed by atoms with E-state index in [0.29, 0.717) is 24.8 Å². The number of aromatic nitrogens is 3. The van der Waals surface area contributed by atoms with E-state index in [0.717, 1.165) is 41.5 Å². The highest BCUT2D eigenvalue weighted by Gasteiger charge is 2.27. The third-order valence-corrected chi connectivity index (χ3v) is 5.09. The fourth-order valence-electron chi connectivity index (χ4n) is 3.47. The summed E-state index contributed by atoms with van der Waals surface area (Å²) in [6.07, 6.45) is 6.13. The number of aromatic amines is 1. The maximum atomic E-state index is 13.0. The van der Waals surface area contributed by atoms with Crippen molar-refractivity contribution in [2.75, 3.05) is 20.2 Å². The van der Waals surface area contributed by atoms with Gasteiger partial charge in [0.05, 0.1) is 13.7 Å². The van der Waals surface area contributed by atoms with Crippen molar-refractivity contribution >= 4 is 16.8 Å². The summed E-state index contributed by atoms with van der Waals surface area (Å²) in [6, 6.07) is 7.98. The minimum absolute atomic E-state index is 0.0225. The van der Waals surface area contributed by atoms with Crippen LogP contribution in [-0.4, -0.2) is 52.1 Å². The Hall–Kier alpha value is -3.09. The number of nitrogens with zero attached hydrogens (tertiary/aromatic N) is 3. The largest absolute Gasteiger partial charge is 0.497 e. The van der Waals surface area contributed by atoms with Crippen molar-refractivity contribution in [1.29, 1.82) is 0 Å². The van der Waals surface area contributed by atoms with E-state index in [9.17, 15) is 4.79 Å². The van der Waals surface area contributed by atoms with Gasteiger partial charge in [-0.05, 0) is 43.0 Å². The molecule has 7 heteroatoms. The third-order valence-electron chi connectivity index (χ3n) is 5.09. The average Bonchev–Trinajstić information content (AvgIpc) is 3.17. The van der Waals surface area contributed by atoms with Crippen LogP contribution in [-0.2, 0) is 6.42 Å². The van der Waals surface area contributed by atoms with E-state index < -0.39 is 0 Å². The Morgan fingerprint density at radius 2 is 2.11 bits per heavy atom. The normalized spacial score (nSPS) is 16.9. The molecule has 0 aliphatic carbocycles. The summed E-state index contributed by atoms with van der Waals surface area (Å²) < 4.78 is 11.2. The van der Waals surface area contributed by atoms with Crippen LogP contribution in [0.5, 0.6) is 11.8 Å². The summed E-state index contributed by atoms with van der Waals surface area (Å²) in [5.41, 5.74) is 2.53. The summed E-state index contributed by atoms with van der Waals surface area (Å²) in [5.74, 6) is 0.736. The summed E-state index contributed by atoms with van der Waals surface area (Å²) in [6.45, 7) is 3.30. The highest BCUT2D eigenvalue weighted by molar-refractivity contribution is 5.98. The van der Waals surface area contributed by atoms with E-state index in [1.807, 2.05) is 29.2 Å². The van der Waals surface area contributed by atoms with Crippen molar-refractivity contribution in [3.8, 4) is 11.8 Å². The standard InChI is InChI=1S/C21H24N4O3/c1-3-14-11-22-21(23-12-14)28-17-5-4-8-25(13-17)20(26)19-9-15-6-7-16(27-2)10-18(15)24-19/h6-7,9-12,17,24H,3-5,8,13H2,1-2H3. The number of rotatable bonds is 5. The number of piperidine rings is 1. The molecule has 0 saturated carbocycles. The minimum atomic E-state index is -0.102. The van der Waals surface area contributed by atoms with Gasteiger partial charge in [-0.25, -0.2) is 9.97 Å². The van der Waals surface area contributed by atoms with E-state index >= 15 is 0 Å². The molecule has 2 aromatic heterocycles. The van der Waals surface area contributed by atoms with E-state index in [1.54, 1.807) is 19.5 Å². The molecular formula is C21H24N4O3. The monoisotopic (exact) mass is 380 g/mol. The predicted octanol–water partition coefficient (Wildman–Crippen LogP) is 3.21. The van der Waals surface area contributed by atoms with Gasteiger partial charge < -0.3 is 19.4 Å². The van der Waals surface area contributed by atoms with Crippen LogP contribution >= 0.6 is 0 Å². The minimum Gasteiger partial charge on any atom is -0.497 e. The van der Waals surface area contributed by atoms with E-state index in [-0.39, 0.29) is 12.0 Å². The Kier molecular flexibility index (Phi) is 5.14. The number of hydrogen-bond donors (Lipinski definition) is 1. The molecule has 146 valence electrons. The van der Waals surface area contributed by atoms with Crippen LogP contribution in [0.3, 0.4) is 0 Å². The number of ether oxygens (including phenoxy) is 2. The maximum Gasteiger partial charge on any atom is 0.316 e. The second-order valence-corrected chi connectivity index (χ2v) is 7.00. The Morgan fingerprint density at radius 1 is 1.29 bits per heavy atom. The number of amides is 1. The third kappa shape index (κ3) is 3.78. The molecule has 3 aromatic rings. The van der Waals surface area contributed by atoms with Gasteiger partial charge in [-0.2, -0.15) is 0 Å². The second kappa shape index (κ2) is 7.88. The van der Waals surface area contributed by atoms with Gasteiger partial charge in [0.1, 0.15) is 17.5 Å². The van der Waals surface area contributed by atoms with Gasteiger partial charge in [0.15, 0.2) is 0 Å². The van der Waals surface area contributed by atoms with Gasteiger partial charge in [0, 0.05) is 35.9 Å². The molecule has 1 atom stereocenters. The summed E-state index contributed by atoms with van der Waals surface area (Å²) >= 11 is 0. The number of H-pyrrole nitrogens is 1. The molecule has 1 unspecified atom stereocenters. The van der Waals surface area contributed by atoms with Crippen LogP contribution in [0.25, 0.3) is 10.9 Å². The highest BCUT2D eigenvalue weighted by Crippen LogP contribution is 2.23. The molecule has 3 heterocycles. The second-order valence-electron chi connectivity index (χ2n) is 7.00. The number of carbonyl (C=O) groups excluding carboxylic acids is 1. The average molecular weight is 380 g/mol. The number of fused-ring (bicyclic) bond motifs is 1. The number of hydrogen-bond acceptors (Lipinski definition) is 5. The van der Waals surface area contributed by atoms with Gasteiger partial charge in [-0.3, -0.25) is 4.79 Å². The van der Waals surface area contributed by atoms with Crippen LogP contribution in [0, 0.1) is 0 Å². The van der Waals surface area contributed by atoms with Gasteiger partial charge >= 0.3 is 6.01 Å². The first-order chi connectivity index (χ1) is 13.7. The van der Waals surface area contributed by atoms with E-state index in [4.69, 9.17) is 9.47 Å². The SMILES string of the molecule is CCc1cnc(OC2CCCN(C(=O)c3cc4ccc(OC)cc4[nH]3)C2)nc1. The first kappa shape index (κ1) is 18.3. The summed E-state index contributed by atoms with van der Waals surface area (Å²) in [5, 5.41) is 0.985. The maximum absolute atomic E-state index is 13.0. The molecule has 1 aliphatic heterocycles. The molecule has 1 amide bonds. The lowest BCUT2D eigenvalue weighted by molar-refractivity contribution is 0.0511. The Morgan fingerprint density at radius 3 is 2.86 bits per heavy atom. The highest BCUT2D eigenvalue weighted by atomic mass is 16.5. The molecule has 1 N–H and O–H groups in total. The zero-order chi connectivity index (χ0) is 19.5. The Labute approximate surface area is 163 Å². The zero-order valence-corrected chi connectivity index (χ0v) is 16.1. The van der Waals surface area contributed by atoms with Crippen molar-refractivity contribution in [2.45, 2.75) is 32.3 Å². The van der Waals surface area contributed by atoms with Crippen LogP contribution in [0.2, 0.25) is 0 Å². The van der Waals surface area contributed by atoms with Crippen molar-refractivity contribution in [3.05, 3.63) is 47.9 Å². The lowest BCUT2D eigenvalue weighted by Crippen LogP contribution is -2.44. The molecule has 4 rings (SSSR count). The van der Waals surface area contributed by atoms with Crippen molar-refractivity contribution in [1.82, 2.24) is 19.9 Å². The fraction of sp³-hybridized carbons (Fsp3) is 0.381. The lowest BCUT2D eigenvalue weighted by Gasteiger charge is -2.32.